The summed E-state index contributed by atoms with van der Waals surface area (Å²) in [7, 11) is -1.36. The van der Waals surface area contributed by atoms with E-state index in [1.807, 2.05) is 0 Å². The first-order valence-electron chi connectivity index (χ1n) is 5.23. The summed E-state index contributed by atoms with van der Waals surface area (Å²) in [5, 5.41) is 11.1. The molecule has 98 valence electrons. The fourth-order valence-electron chi connectivity index (χ4n) is 1.33. The third-order valence-electron chi connectivity index (χ3n) is 2.11. The fraction of sp³-hybridized carbons (Fsp3) is 0.364. The van der Waals surface area contributed by atoms with Gasteiger partial charge in [-0.15, -0.1) is 0 Å². The molecule has 1 rings (SSSR count). The Balaban J connectivity index is 2.56. The summed E-state index contributed by atoms with van der Waals surface area (Å²) < 4.78 is 11.8. The molecule has 2 atom stereocenters. The quantitative estimate of drug-likeness (QED) is 0.753. The Kier molecular flexibility index (Phi) is 5.44. The highest BCUT2D eigenvalue weighted by molar-refractivity contribution is 7.84. The van der Waals surface area contributed by atoms with Crippen molar-refractivity contribution in [3.05, 3.63) is 30.1 Å². The highest BCUT2D eigenvalue weighted by Gasteiger charge is 2.21. The summed E-state index contributed by atoms with van der Waals surface area (Å²) in [4.78, 5) is 25.5. The van der Waals surface area contributed by atoms with Gasteiger partial charge in [0.15, 0.2) is 0 Å². The molecule has 1 heterocycles. The van der Waals surface area contributed by atoms with Crippen LogP contribution in [0.1, 0.15) is 12.5 Å². The van der Waals surface area contributed by atoms with Crippen LogP contribution in [-0.4, -0.2) is 38.0 Å². The number of carbonyl (C=O) groups is 2. The number of aromatic nitrogens is 1. The van der Waals surface area contributed by atoms with E-state index in [1.54, 1.807) is 24.5 Å². The maximum absolute atomic E-state index is 11.8. The summed E-state index contributed by atoms with van der Waals surface area (Å²) in [5.74, 6) is -1.51. The summed E-state index contributed by atoms with van der Waals surface area (Å²) in [6, 6.07) is 2.31. The van der Waals surface area contributed by atoms with Crippen molar-refractivity contribution >= 4 is 22.7 Å². The van der Waals surface area contributed by atoms with Gasteiger partial charge in [-0.05, 0) is 17.7 Å². The van der Waals surface area contributed by atoms with Gasteiger partial charge in [0.1, 0.15) is 6.04 Å². The average molecular weight is 270 g/mol. The van der Waals surface area contributed by atoms with Gasteiger partial charge >= 0.3 is 5.97 Å². The van der Waals surface area contributed by atoms with Crippen LogP contribution >= 0.6 is 0 Å². The van der Waals surface area contributed by atoms with Gasteiger partial charge in [-0.1, -0.05) is 0 Å². The molecule has 0 aromatic carbocycles. The van der Waals surface area contributed by atoms with E-state index in [2.05, 4.69) is 10.3 Å². The van der Waals surface area contributed by atoms with E-state index in [0.29, 0.717) is 0 Å². The number of hydrogen-bond acceptors (Lipinski definition) is 4. The lowest BCUT2D eigenvalue weighted by Crippen LogP contribution is -2.43. The standard InChI is InChI=1S/C11H14N2O4S/c1-8(14)13-10(11(15)16)7-18(17)6-9-2-4-12-5-3-9/h2-5,10H,6-7H2,1H3,(H,13,14)(H,15,16)/t10-,18?/m0/s1. The topological polar surface area (TPSA) is 96.4 Å². The van der Waals surface area contributed by atoms with Crippen molar-refractivity contribution in [3.8, 4) is 0 Å². The molecule has 0 aliphatic heterocycles. The third-order valence-corrected chi connectivity index (χ3v) is 3.47. The summed E-state index contributed by atoms with van der Waals surface area (Å²) in [6.07, 6.45) is 3.16. The molecule has 0 saturated carbocycles. The van der Waals surface area contributed by atoms with Crippen molar-refractivity contribution < 1.29 is 18.9 Å². The molecule has 2 N–H and O–H groups in total. The van der Waals surface area contributed by atoms with Gasteiger partial charge in [0, 0.05) is 35.9 Å². The molecule has 6 nitrogen and oxygen atoms in total. The third kappa shape index (κ3) is 5.05. The SMILES string of the molecule is CC(=O)N[C@@H](CS(=O)Cc1ccncc1)C(=O)O. The Morgan fingerprint density at radius 2 is 2.06 bits per heavy atom. The molecule has 0 radical (unpaired) electrons. The lowest BCUT2D eigenvalue weighted by molar-refractivity contribution is -0.140. The molecule has 1 aromatic heterocycles. The number of carboxylic acid groups (broad SMARTS) is 1. The molecular formula is C11H14N2O4S. The summed E-state index contributed by atoms with van der Waals surface area (Å²) in [5.41, 5.74) is 0.815. The van der Waals surface area contributed by atoms with Crippen LogP contribution < -0.4 is 5.32 Å². The molecule has 0 aliphatic rings. The van der Waals surface area contributed by atoms with E-state index >= 15 is 0 Å². The molecule has 1 aromatic rings. The Morgan fingerprint density at radius 3 is 2.56 bits per heavy atom. The van der Waals surface area contributed by atoms with E-state index in [1.165, 1.54) is 6.92 Å². The number of hydrogen-bond donors (Lipinski definition) is 2. The summed E-state index contributed by atoms with van der Waals surface area (Å²) in [6.45, 7) is 1.22. The molecule has 0 spiro atoms. The molecule has 0 aliphatic carbocycles. The molecule has 0 bridgehead atoms. The monoisotopic (exact) mass is 270 g/mol. The van der Waals surface area contributed by atoms with E-state index in [-0.39, 0.29) is 11.5 Å². The van der Waals surface area contributed by atoms with Gasteiger partial charge in [0.2, 0.25) is 5.91 Å². The molecule has 1 unspecified atom stereocenters. The Bertz CT molecular complexity index is 450. The number of rotatable bonds is 6. The molecule has 7 heteroatoms. The van der Waals surface area contributed by atoms with Crippen molar-refractivity contribution in [1.29, 1.82) is 0 Å². The number of carboxylic acids is 1. The first-order valence-corrected chi connectivity index (χ1v) is 6.71. The lowest BCUT2D eigenvalue weighted by atomic mass is 10.3. The Hall–Kier alpha value is -1.76. The van der Waals surface area contributed by atoms with E-state index in [0.717, 1.165) is 5.56 Å². The van der Waals surface area contributed by atoms with Crippen LogP contribution in [0.3, 0.4) is 0 Å². The van der Waals surface area contributed by atoms with Crippen LogP contribution in [0.2, 0.25) is 0 Å². The van der Waals surface area contributed by atoms with Crippen molar-refractivity contribution in [2.45, 2.75) is 18.7 Å². The normalized spacial score (nSPS) is 13.6. The minimum absolute atomic E-state index is 0.114. The average Bonchev–Trinajstić information content (AvgIpc) is 2.28. The highest BCUT2D eigenvalue weighted by atomic mass is 32.2. The molecule has 1 amide bonds. The van der Waals surface area contributed by atoms with Crippen molar-refractivity contribution in [3.63, 3.8) is 0 Å². The van der Waals surface area contributed by atoms with E-state index in [9.17, 15) is 13.8 Å². The number of carbonyl (C=O) groups excluding carboxylic acids is 1. The molecule has 18 heavy (non-hydrogen) atoms. The number of pyridine rings is 1. The smallest absolute Gasteiger partial charge is 0.327 e. The second-order valence-corrected chi connectivity index (χ2v) is 5.20. The van der Waals surface area contributed by atoms with E-state index < -0.39 is 28.7 Å². The molecule has 0 saturated heterocycles. The van der Waals surface area contributed by atoms with Crippen LogP contribution in [0.25, 0.3) is 0 Å². The number of nitrogens with zero attached hydrogens (tertiary/aromatic N) is 1. The van der Waals surface area contributed by atoms with Crippen LogP contribution in [-0.2, 0) is 26.1 Å². The van der Waals surface area contributed by atoms with Gasteiger partial charge < -0.3 is 10.4 Å². The van der Waals surface area contributed by atoms with E-state index in [4.69, 9.17) is 5.11 Å². The molecule has 0 fully saturated rings. The zero-order valence-corrected chi connectivity index (χ0v) is 10.6. The zero-order valence-electron chi connectivity index (χ0n) is 9.83. The zero-order chi connectivity index (χ0) is 13.5. The number of aliphatic carboxylic acids is 1. The van der Waals surface area contributed by atoms with Crippen LogP contribution in [0.5, 0.6) is 0 Å². The minimum Gasteiger partial charge on any atom is -0.480 e. The van der Waals surface area contributed by atoms with Crippen molar-refractivity contribution in [1.82, 2.24) is 10.3 Å². The first kappa shape index (κ1) is 14.3. The fourth-order valence-corrected chi connectivity index (χ4v) is 2.61. The van der Waals surface area contributed by atoms with Gasteiger partial charge in [-0.3, -0.25) is 14.0 Å². The van der Waals surface area contributed by atoms with Gasteiger partial charge in [0.05, 0.1) is 5.75 Å². The Morgan fingerprint density at radius 1 is 1.44 bits per heavy atom. The predicted octanol–water partition coefficient (Wildman–Crippen LogP) is -0.0804. The minimum atomic E-state index is -1.36. The largest absolute Gasteiger partial charge is 0.480 e. The lowest BCUT2D eigenvalue weighted by Gasteiger charge is -2.12. The predicted molar refractivity (Wildman–Crippen MR) is 66.2 cm³/mol. The Labute approximate surface area is 107 Å². The van der Waals surface area contributed by atoms with Gasteiger partial charge in [-0.25, -0.2) is 4.79 Å². The maximum atomic E-state index is 11.8. The van der Waals surface area contributed by atoms with Crippen molar-refractivity contribution in [2.24, 2.45) is 0 Å². The molecular weight excluding hydrogens is 256 g/mol. The highest BCUT2D eigenvalue weighted by Crippen LogP contribution is 2.03. The number of amides is 1. The second kappa shape index (κ2) is 6.85. The van der Waals surface area contributed by atoms with Crippen LogP contribution in [0, 0.1) is 0 Å². The first-order chi connectivity index (χ1) is 8.49. The van der Waals surface area contributed by atoms with Crippen molar-refractivity contribution in [2.75, 3.05) is 5.75 Å². The summed E-state index contributed by atoms with van der Waals surface area (Å²) >= 11 is 0. The van der Waals surface area contributed by atoms with Gasteiger partial charge in [0.25, 0.3) is 0 Å². The van der Waals surface area contributed by atoms with Gasteiger partial charge in [-0.2, -0.15) is 0 Å². The van der Waals surface area contributed by atoms with Crippen LogP contribution in [0.15, 0.2) is 24.5 Å². The number of nitrogens with one attached hydrogen (secondary N) is 1. The maximum Gasteiger partial charge on any atom is 0.327 e. The van der Waals surface area contributed by atoms with Crippen LogP contribution in [0.4, 0.5) is 0 Å². The second-order valence-electron chi connectivity index (χ2n) is 3.70.